The van der Waals surface area contributed by atoms with Crippen molar-refractivity contribution in [1.82, 2.24) is 39.3 Å². The summed E-state index contributed by atoms with van der Waals surface area (Å²) in [5.74, 6) is 1.93. The minimum Gasteiger partial charge on any atom is -0.507 e. The van der Waals surface area contributed by atoms with Crippen LogP contribution < -0.4 is 5.56 Å². The number of halogens is 1. The molecule has 0 unspecified atom stereocenters. The van der Waals surface area contributed by atoms with Crippen LogP contribution in [-0.2, 0) is 19.4 Å². The zero-order valence-corrected chi connectivity index (χ0v) is 20.1. The van der Waals surface area contributed by atoms with Crippen molar-refractivity contribution in [3.8, 4) is 17.1 Å². The van der Waals surface area contributed by atoms with E-state index in [9.17, 15) is 9.90 Å². The Kier molecular flexibility index (Phi) is 6.14. The third kappa shape index (κ3) is 4.09. The predicted molar refractivity (Wildman–Crippen MR) is 128 cm³/mol. The molecule has 0 amide bonds. The van der Waals surface area contributed by atoms with Crippen LogP contribution in [0.5, 0.6) is 5.75 Å². The first-order valence-corrected chi connectivity index (χ1v) is 12.0. The van der Waals surface area contributed by atoms with Gasteiger partial charge in [0.2, 0.25) is 17.5 Å². The number of aromatic amines is 1. The summed E-state index contributed by atoms with van der Waals surface area (Å²) < 4.78 is 9.34. The molecule has 0 atom stereocenters. The molecular formula is C22H23BrN8O3. The van der Waals surface area contributed by atoms with Gasteiger partial charge in [-0.25, -0.2) is 9.38 Å². The number of nitrogens with one attached hydrogen (secondary N) is 1. The molecule has 176 valence electrons. The lowest BCUT2D eigenvalue weighted by atomic mass is 10.2. The third-order valence-corrected chi connectivity index (χ3v) is 6.05. The SMILES string of the molecule is CCCCCn1c2nc(Br)[nH]c2c(=O)n2c(CCCc3nc(-c4ccccc4O)no3)nnc12. The van der Waals surface area contributed by atoms with Crippen LogP contribution in [0.2, 0.25) is 0 Å². The van der Waals surface area contributed by atoms with Gasteiger partial charge in [-0.2, -0.15) is 4.98 Å². The minimum absolute atomic E-state index is 0.0942. The van der Waals surface area contributed by atoms with E-state index in [0.717, 1.165) is 19.3 Å². The van der Waals surface area contributed by atoms with Crippen molar-refractivity contribution in [2.24, 2.45) is 0 Å². The summed E-state index contributed by atoms with van der Waals surface area (Å²) in [5.41, 5.74) is 1.27. The van der Waals surface area contributed by atoms with Crippen molar-refractivity contribution in [2.45, 2.75) is 52.0 Å². The van der Waals surface area contributed by atoms with E-state index in [0.29, 0.717) is 70.6 Å². The van der Waals surface area contributed by atoms with E-state index >= 15 is 0 Å². The number of aromatic nitrogens is 8. The van der Waals surface area contributed by atoms with Gasteiger partial charge in [0.15, 0.2) is 15.9 Å². The average Bonchev–Trinajstić information content (AvgIpc) is 3.55. The standard InChI is InChI=1S/C22H23BrN8O3/c1-2-3-6-12-30-19-17(25-21(23)26-19)20(33)31-15(27-28-22(30)31)10-7-11-16-24-18(29-34-16)13-8-4-5-9-14(13)32/h4-5,8-9,32H,2-3,6-7,10-12H2,1H3,(H,25,26). The molecule has 0 bridgehead atoms. The normalized spacial score (nSPS) is 11.7. The van der Waals surface area contributed by atoms with Crippen LogP contribution in [0.3, 0.4) is 0 Å². The van der Waals surface area contributed by atoms with Crippen LogP contribution in [0.15, 0.2) is 38.3 Å². The van der Waals surface area contributed by atoms with E-state index in [-0.39, 0.29) is 11.3 Å². The largest absolute Gasteiger partial charge is 0.507 e. The molecule has 0 fully saturated rings. The van der Waals surface area contributed by atoms with Gasteiger partial charge in [0.05, 0.1) is 5.56 Å². The van der Waals surface area contributed by atoms with Crippen molar-refractivity contribution < 1.29 is 9.63 Å². The maximum Gasteiger partial charge on any atom is 0.286 e. The first-order valence-electron chi connectivity index (χ1n) is 11.2. The van der Waals surface area contributed by atoms with Crippen LogP contribution in [0, 0.1) is 0 Å². The van der Waals surface area contributed by atoms with Gasteiger partial charge in [-0.1, -0.05) is 37.1 Å². The molecule has 34 heavy (non-hydrogen) atoms. The number of nitrogens with zero attached hydrogens (tertiary/aromatic N) is 7. The Balaban J connectivity index is 1.39. The fraction of sp³-hybridized carbons (Fsp3) is 0.364. The van der Waals surface area contributed by atoms with Gasteiger partial charge in [-0.15, -0.1) is 10.2 Å². The molecule has 0 saturated heterocycles. The summed E-state index contributed by atoms with van der Waals surface area (Å²) in [7, 11) is 0. The fourth-order valence-corrected chi connectivity index (χ4v) is 4.36. The van der Waals surface area contributed by atoms with Crippen molar-refractivity contribution in [3.63, 3.8) is 0 Å². The predicted octanol–water partition coefficient (Wildman–Crippen LogP) is 3.65. The number of hydrogen-bond acceptors (Lipinski definition) is 8. The van der Waals surface area contributed by atoms with E-state index < -0.39 is 0 Å². The minimum atomic E-state index is -0.227. The topological polar surface area (TPSA) is 140 Å². The first kappa shape index (κ1) is 22.3. The quantitative estimate of drug-likeness (QED) is 0.219. The second-order valence-electron chi connectivity index (χ2n) is 8.02. The maximum atomic E-state index is 13.2. The molecule has 5 rings (SSSR count). The molecule has 0 radical (unpaired) electrons. The van der Waals surface area contributed by atoms with Gasteiger partial charge in [0.1, 0.15) is 11.6 Å². The number of aryl methyl sites for hydroxylation is 3. The Labute approximate surface area is 202 Å². The number of hydrogen-bond donors (Lipinski definition) is 2. The molecule has 11 nitrogen and oxygen atoms in total. The molecular weight excluding hydrogens is 504 g/mol. The Morgan fingerprint density at radius 2 is 1.97 bits per heavy atom. The monoisotopic (exact) mass is 526 g/mol. The number of imidazole rings is 1. The number of phenols is 1. The molecule has 0 saturated carbocycles. The summed E-state index contributed by atoms with van der Waals surface area (Å²) in [6.45, 7) is 2.84. The van der Waals surface area contributed by atoms with Gasteiger partial charge in [-0.05, 0) is 40.9 Å². The number of fused-ring (bicyclic) bond motifs is 2. The Bertz CT molecular complexity index is 1520. The second kappa shape index (κ2) is 9.37. The highest BCUT2D eigenvalue weighted by Gasteiger charge is 2.19. The molecule has 0 aliphatic heterocycles. The number of aromatic hydroxyl groups is 1. The van der Waals surface area contributed by atoms with Crippen molar-refractivity contribution in [1.29, 1.82) is 0 Å². The highest BCUT2D eigenvalue weighted by atomic mass is 79.9. The number of phenolic OH excluding ortho intramolecular Hbond substituents is 1. The number of H-pyrrole nitrogens is 1. The molecule has 0 spiro atoms. The van der Waals surface area contributed by atoms with Gasteiger partial charge in [0.25, 0.3) is 5.56 Å². The summed E-state index contributed by atoms with van der Waals surface area (Å²) in [6.07, 6.45) is 4.73. The Morgan fingerprint density at radius 1 is 1.12 bits per heavy atom. The fourth-order valence-electron chi connectivity index (χ4n) is 3.99. The van der Waals surface area contributed by atoms with E-state index in [2.05, 4.69) is 53.2 Å². The van der Waals surface area contributed by atoms with Gasteiger partial charge in [0, 0.05) is 19.4 Å². The maximum absolute atomic E-state index is 13.2. The lowest BCUT2D eigenvalue weighted by Gasteiger charge is -2.09. The third-order valence-electron chi connectivity index (χ3n) is 5.67. The molecule has 4 aromatic heterocycles. The molecule has 4 heterocycles. The lowest BCUT2D eigenvalue weighted by molar-refractivity contribution is 0.375. The summed E-state index contributed by atoms with van der Waals surface area (Å²) in [6, 6.07) is 6.83. The molecule has 12 heteroatoms. The van der Waals surface area contributed by atoms with Crippen LogP contribution in [-0.4, -0.2) is 44.4 Å². The summed E-state index contributed by atoms with van der Waals surface area (Å²) in [5, 5.41) is 22.6. The van der Waals surface area contributed by atoms with Crippen LogP contribution >= 0.6 is 15.9 Å². The van der Waals surface area contributed by atoms with Gasteiger partial charge < -0.3 is 14.6 Å². The number of para-hydroxylation sites is 1. The first-order chi connectivity index (χ1) is 16.6. The van der Waals surface area contributed by atoms with Crippen LogP contribution in [0.1, 0.15) is 44.3 Å². The Morgan fingerprint density at radius 3 is 2.79 bits per heavy atom. The summed E-state index contributed by atoms with van der Waals surface area (Å²) >= 11 is 3.34. The Hall–Kier alpha value is -3.54. The van der Waals surface area contributed by atoms with Crippen LogP contribution in [0.4, 0.5) is 0 Å². The molecule has 5 aromatic rings. The number of rotatable bonds is 9. The van der Waals surface area contributed by atoms with Crippen molar-refractivity contribution >= 4 is 32.9 Å². The van der Waals surface area contributed by atoms with E-state index in [4.69, 9.17) is 4.52 Å². The molecule has 1 aromatic carbocycles. The second-order valence-corrected chi connectivity index (χ2v) is 8.78. The average molecular weight is 527 g/mol. The zero-order chi connectivity index (χ0) is 23.7. The van der Waals surface area contributed by atoms with E-state index in [1.165, 1.54) is 0 Å². The summed E-state index contributed by atoms with van der Waals surface area (Å²) in [4.78, 5) is 25.0. The molecule has 0 aliphatic carbocycles. The van der Waals surface area contributed by atoms with Crippen LogP contribution in [0.25, 0.3) is 28.3 Å². The number of unbranched alkanes of at least 4 members (excludes halogenated alkanes) is 2. The van der Waals surface area contributed by atoms with E-state index in [1.807, 2.05) is 4.57 Å². The zero-order valence-electron chi connectivity index (χ0n) is 18.5. The smallest absolute Gasteiger partial charge is 0.286 e. The lowest BCUT2D eigenvalue weighted by Crippen LogP contribution is -2.21. The van der Waals surface area contributed by atoms with Crippen molar-refractivity contribution in [3.05, 3.63) is 51.1 Å². The molecule has 0 aliphatic rings. The van der Waals surface area contributed by atoms with E-state index in [1.54, 1.807) is 28.7 Å². The van der Waals surface area contributed by atoms with Gasteiger partial charge >= 0.3 is 0 Å². The van der Waals surface area contributed by atoms with Crippen molar-refractivity contribution in [2.75, 3.05) is 0 Å². The van der Waals surface area contributed by atoms with Gasteiger partial charge in [-0.3, -0.25) is 9.36 Å². The molecule has 2 N–H and O–H groups in total. The highest BCUT2D eigenvalue weighted by Crippen LogP contribution is 2.26. The highest BCUT2D eigenvalue weighted by molar-refractivity contribution is 9.10. The number of benzene rings is 1.